The quantitative estimate of drug-likeness (QED) is 0.0528. The van der Waals surface area contributed by atoms with E-state index in [0.29, 0.717) is 32.1 Å². The van der Waals surface area contributed by atoms with Gasteiger partial charge in [-0.2, -0.15) is 0 Å². The van der Waals surface area contributed by atoms with Gasteiger partial charge in [0, 0.05) is 5.92 Å². The third-order valence-corrected chi connectivity index (χ3v) is 23.1. The highest BCUT2D eigenvalue weighted by molar-refractivity contribution is 5.79. The zero-order chi connectivity index (χ0) is 61.3. The number of fused-ring (bicyclic) bond motifs is 7. The van der Waals surface area contributed by atoms with Crippen LogP contribution in [0.5, 0.6) is 0 Å². The Bertz CT molecular complexity index is 2350. The van der Waals surface area contributed by atoms with Crippen molar-refractivity contribution in [1.82, 2.24) is 0 Å². The molecule has 0 spiro atoms. The van der Waals surface area contributed by atoms with Gasteiger partial charge in [-0.25, -0.2) is 0 Å². The number of ether oxygens (including phenoxy) is 10. The molecule has 0 aromatic carbocycles. The van der Waals surface area contributed by atoms with E-state index in [1.165, 1.54) is 6.92 Å². The molecule has 10 aliphatic rings. The van der Waals surface area contributed by atoms with Crippen LogP contribution in [-0.4, -0.2) is 262 Å². The molecule has 0 unspecified atom stereocenters. The lowest BCUT2D eigenvalue weighted by molar-refractivity contribution is -0.365. The Labute approximate surface area is 488 Å². The van der Waals surface area contributed by atoms with Crippen LogP contribution in [0.1, 0.15) is 113 Å². The second kappa shape index (κ2) is 23.8. The van der Waals surface area contributed by atoms with Gasteiger partial charge in [0.25, 0.3) is 0 Å². The van der Waals surface area contributed by atoms with E-state index in [4.69, 9.17) is 47.4 Å². The molecule has 0 aromatic rings. The normalized spacial score (nSPS) is 55.8. The molecule has 0 amide bonds. The summed E-state index contributed by atoms with van der Waals surface area (Å²) < 4.78 is 59.6. The van der Waals surface area contributed by atoms with Crippen LogP contribution in [0.25, 0.3) is 0 Å². The summed E-state index contributed by atoms with van der Waals surface area (Å²) in [6.45, 7) is 14.4. The van der Waals surface area contributed by atoms with Gasteiger partial charge in [-0.15, -0.1) is 0 Å². The Morgan fingerprint density at radius 2 is 1.18 bits per heavy atom. The van der Waals surface area contributed by atoms with Crippen LogP contribution in [0.3, 0.4) is 0 Å². The van der Waals surface area contributed by atoms with Crippen molar-refractivity contribution in [1.29, 1.82) is 0 Å². The van der Waals surface area contributed by atoms with Crippen molar-refractivity contribution in [3.8, 4) is 0 Å². The first-order valence-electron chi connectivity index (χ1n) is 30.2. The molecule has 0 radical (unpaired) electrons. The third-order valence-electron chi connectivity index (χ3n) is 23.1. The van der Waals surface area contributed by atoms with Crippen molar-refractivity contribution >= 4 is 5.97 Å². The lowest BCUT2D eigenvalue weighted by atomic mass is 9.33. The van der Waals surface area contributed by atoms with Crippen LogP contribution >= 0.6 is 0 Å². The van der Waals surface area contributed by atoms with Crippen LogP contribution in [0.15, 0.2) is 11.6 Å². The van der Waals surface area contributed by atoms with E-state index in [1.54, 1.807) is 6.92 Å². The molecule has 10 rings (SSSR count). The topological polar surface area (TPSA) is 413 Å². The maximum atomic E-state index is 15.7. The summed E-state index contributed by atoms with van der Waals surface area (Å²) in [5.74, 6) is -1.65. The number of hydrogen-bond acceptors (Lipinski definition) is 26. The molecule has 0 bridgehead atoms. The fourth-order valence-electron chi connectivity index (χ4n) is 17.5. The summed E-state index contributed by atoms with van der Waals surface area (Å²) in [4.78, 5) is 15.7. The molecule has 5 saturated heterocycles. The summed E-state index contributed by atoms with van der Waals surface area (Å²) in [6, 6.07) is 0. The molecule has 5 heterocycles. The van der Waals surface area contributed by atoms with Gasteiger partial charge < -0.3 is 124 Å². The van der Waals surface area contributed by atoms with Crippen molar-refractivity contribution in [2.75, 3.05) is 26.4 Å². The van der Waals surface area contributed by atoms with Crippen LogP contribution in [0.2, 0.25) is 0 Å². The van der Waals surface area contributed by atoms with Crippen molar-refractivity contribution in [2.45, 2.75) is 266 Å². The fraction of sp³-hybridized carbons (Fsp3) is 0.948. The Morgan fingerprint density at radius 3 is 1.87 bits per heavy atom. The number of allylic oxidation sites excluding steroid dienone is 1. The van der Waals surface area contributed by atoms with Crippen LogP contribution < -0.4 is 0 Å². The maximum absolute atomic E-state index is 15.7. The summed E-state index contributed by atoms with van der Waals surface area (Å²) in [5, 5.41) is 163. The number of rotatable bonds is 12. The summed E-state index contributed by atoms with van der Waals surface area (Å²) in [7, 11) is 0. The molecular formula is C58H94O26. The van der Waals surface area contributed by atoms with E-state index in [-0.39, 0.29) is 41.6 Å². The largest absolute Gasteiger partial charge is 0.432 e. The lowest BCUT2D eigenvalue weighted by Crippen LogP contribution is -2.68. The second-order valence-electron chi connectivity index (χ2n) is 27.9. The highest BCUT2D eigenvalue weighted by Gasteiger charge is 2.72. The first kappa shape index (κ1) is 65.2. The number of carbonyl (C=O) groups excluding carboxylic acids is 1. The Kier molecular flexibility index (Phi) is 18.5. The zero-order valence-electron chi connectivity index (χ0n) is 49.1. The maximum Gasteiger partial charge on any atom is 0.315 e. The predicted molar refractivity (Wildman–Crippen MR) is 283 cm³/mol. The first-order valence-corrected chi connectivity index (χ1v) is 30.2. The van der Waals surface area contributed by atoms with E-state index < -0.39 is 201 Å². The van der Waals surface area contributed by atoms with Gasteiger partial charge in [-0.1, -0.05) is 53.2 Å². The van der Waals surface area contributed by atoms with Gasteiger partial charge >= 0.3 is 5.97 Å². The van der Waals surface area contributed by atoms with E-state index in [2.05, 4.69) is 40.7 Å². The summed E-state index contributed by atoms with van der Waals surface area (Å²) in [6.07, 6.45) is -30.1. The SMILES string of the molecule is C[C@@H]1O[C@@H](O[C@H]2[C@H](OC(=O)[C@]34CC[C@@H](C)[C@@](C)(O)[C@H]3C3=CC[C@@H]5[C@@]6(C)CC[C@H](O[C@@H]7OC[C@H](O)[C@H](O[C@@H]8O[C@H](CO)[C@@H](O)[C@H](O)[C@H]8O)[C@H]7O)C(C)(C)[C@@H]6CC[C@@]5(C)[C@]3(C)CC4)O[C@H](CO[C@@H]3OC[C@@H](O)[C@H](O)[C@H]3O)[C@@H](O)[C@@H]2O)[C@H](O)[C@H](O)[C@H]1O. The van der Waals surface area contributed by atoms with Crippen molar-refractivity contribution < 1.29 is 129 Å². The molecule has 9 fully saturated rings. The Hall–Kier alpha value is -1.75. The highest BCUT2D eigenvalue weighted by Crippen LogP contribution is 2.76. The lowest BCUT2D eigenvalue weighted by Gasteiger charge is -2.72. The molecule has 482 valence electrons. The number of esters is 1. The fourth-order valence-corrected chi connectivity index (χ4v) is 17.5. The average molecular weight is 1210 g/mol. The molecule has 15 N–H and O–H groups in total. The number of hydrogen-bond donors (Lipinski definition) is 15. The zero-order valence-corrected chi connectivity index (χ0v) is 49.1. The van der Waals surface area contributed by atoms with Gasteiger partial charge in [0.2, 0.25) is 6.29 Å². The van der Waals surface area contributed by atoms with Gasteiger partial charge in [0.1, 0.15) is 97.7 Å². The van der Waals surface area contributed by atoms with E-state index >= 15 is 4.79 Å². The average Bonchev–Trinajstić information content (AvgIpc) is 0.695. The molecule has 0 aromatic heterocycles. The summed E-state index contributed by atoms with van der Waals surface area (Å²) in [5.41, 5.74) is -3.60. The van der Waals surface area contributed by atoms with Gasteiger partial charge in [-0.05, 0) is 111 Å². The van der Waals surface area contributed by atoms with Crippen LogP contribution in [0.4, 0.5) is 0 Å². The van der Waals surface area contributed by atoms with E-state index in [0.717, 1.165) is 24.8 Å². The van der Waals surface area contributed by atoms with Crippen LogP contribution in [0, 0.1) is 50.7 Å². The molecule has 4 saturated carbocycles. The van der Waals surface area contributed by atoms with Gasteiger partial charge in [0.05, 0.1) is 49.7 Å². The smallest absolute Gasteiger partial charge is 0.315 e. The second-order valence-corrected chi connectivity index (χ2v) is 27.9. The number of aliphatic hydroxyl groups excluding tert-OH is 14. The third kappa shape index (κ3) is 10.6. The van der Waals surface area contributed by atoms with Gasteiger partial charge in [-0.3, -0.25) is 4.79 Å². The standard InChI is InChI=1S/C58H94O26/c1-23-11-16-58(52(73)84-51-45(83-49-41(70)37(66)33(62)24(2)78-49)39(68)36(65)29(80-51)22-77-47-40(69)34(63)26(60)20-75-47)18-17-55(6)25(46(58)57(23,8)74)9-10-31-54(5)14-13-32(53(3,4)30(54)12-15-56(31,55)7)81-48-43(72)44(27(61)21-76-48)82-50-42(71)38(67)35(64)28(19-59)79-50/h9,23-24,26-51,59-72,74H,10-22H2,1-8H3/t23-,24+,26-,27+,28-,29-,30+,31-,32+,33+,34+,35-,36-,37-,38+,39+,40-,41-,42-,43-,44+,45-,46-,47+,48+,49+,50+,51+,54+,55-,56-,57-,58+/m1/s1. The Balaban J connectivity index is 0.895. The summed E-state index contributed by atoms with van der Waals surface area (Å²) >= 11 is 0. The minimum absolute atomic E-state index is 0.0912. The molecule has 26 heteroatoms. The van der Waals surface area contributed by atoms with E-state index in [1.807, 2.05) is 6.92 Å². The minimum Gasteiger partial charge on any atom is -0.432 e. The van der Waals surface area contributed by atoms with Crippen molar-refractivity contribution in [2.24, 2.45) is 50.7 Å². The molecule has 5 aliphatic heterocycles. The predicted octanol–water partition coefficient (Wildman–Crippen LogP) is -2.93. The van der Waals surface area contributed by atoms with Gasteiger partial charge in [0.15, 0.2) is 31.3 Å². The monoisotopic (exact) mass is 1210 g/mol. The minimum atomic E-state index is -1.95. The van der Waals surface area contributed by atoms with Crippen LogP contribution in [-0.2, 0) is 52.2 Å². The molecule has 84 heavy (non-hydrogen) atoms. The highest BCUT2D eigenvalue weighted by atomic mass is 16.8. The molecule has 33 atom stereocenters. The van der Waals surface area contributed by atoms with Crippen molar-refractivity contribution in [3.05, 3.63) is 11.6 Å². The molecular weight excluding hydrogens is 1110 g/mol. The first-order chi connectivity index (χ1) is 39.3. The number of aliphatic hydroxyl groups is 15. The molecule has 5 aliphatic carbocycles. The Morgan fingerprint density at radius 1 is 0.571 bits per heavy atom. The number of carbonyl (C=O) groups is 1. The van der Waals surface area contributed by atoms with Crippen molar-refractivity contribution in [3.63, 3.8) is 0 Å². The molecule has 26 nitrogen and oxygen atoms in total. The van der Waals surface area contributed by atoms with E-state index in [9.17, 15) is 76.6 Å².